The maximum Gasteiger partial charge on any atom is 0.0494 e. The lowest BCUT2D eigenvalue weighted by Gasteiger charge is -2.30. The summed E-state index contributed by atoms with van der Waals surface area (Å²) >= 11 is 0. The van der Waals surface area contributed by atoms with Crippen molar-refractivity contribution in [2.45, 2.75) is 12.8 Å². The minimum absolute atomic E-state index is 1.20. The average Bonchev–Trinajstić information content (AvgIpc) is 2.92. The molecule has 0 unspecified atom stereocenters. The third-order valence-electron chi connectivity index (χ3n) is 4.89. The van der Waals surface area contributed by atoms with Gasteiger partial charge in [-0.15, -0.1) is 0 Å². The van der Waals surface area contributed by atoms with Crippen molar-refractivity contribution < 1.29 is 0 Å². The first-order chi connectivity index (χ1) is 9.84. The summed E-state index contributed by atoms with van der Waals surface area (Å²) in [5.74, 6) is 0. The maximum absolute atomic E-state index is 2.34. The number of anilines is 2. The van der Waals surface area contributed by atoms with E-state index < -0.39 is 0 Å². The van der Waals surface area contributed by atoms with Gasteiger partial charge in [0.1, 0.15) is 0 Å². The Hall–Kier alpha value is -2.28. The Bertz CT molecular complexity index is 866. The summed E-state index contributed by atoms with van der Waals surface area (Å²) < 4.78 is 0. The summed E-state index contributed by atoms with van der Waals surface area (Å²) in [7, 11) is 2.18. The lowest BCUT2D eigenvalue weighted by molar-refractivity contribution is 1.02. The van der Waals surface area contributed by atoms with Gasteiger partial charge >= 0.3 is 0 Å². The monoisotopic (exact) mass is 257 g/mol. The van der Waals surface area contributed by atoms with Crippen LogP contribution in [0.2, 0.25) is 0 Å². The van der Waals surface area contributed by atoms with E-state index in [1.54, 1.807) is 0 Å². The molecule has 0 bridgehead atoms. The zero-order valence-corrected chi connectivity index (χ0v) is 11.5. The minimum atomic E-state index is 1.20. The van der Waals surface area contributed by atoms with Crippen molar-refractivity contribution in [3.8, 4) is 11.1 Å². The molecule has 3 aromatic rings. The lowest BCUT2D eigenvalue weighted by atomic mass is 9.89. The summed E-state index contributed by atoms with van der Waals surface area (Å²) in [6.07, 6.45) is 2.39. The molecule has 0 fully saturated rings. The van der Waals surface area contributed by atoms with Crippen LogP contribution in [0.25, 0.3) is 21.9 Å². The second kappa shape index (κ2) is 3.43. The van der Waals surface area contributed by atoms with Gasteiger partial charge in [-0.3, -0.25) is 0 Å². The predicted octanol–water partition coefficient (Wildman–Crippen LogP) is 4.69. The van der Waals surface area contributed by atoms with Gasteiger partial charge in [0.25, 0.3) is 0 Å². The predicted molar refractivity (Wildman–Crippen MR) is 84.9 cm³/mol. The molecule has 1 aliphatic carbocycles. The first-order valence-electron chi connectivity index (χ1n) is 7.25. The molecule has 0 saturated carbocycles. The molecule has 1 heterocycles. The molecule has 0 amide bonds. The summed E-state index contributed by atoms with van der Waals surface area (Å²) in [6.45, 7) is 0. The van der Waals surface area contributed by atoms with E-state index in [2.05, 4.69) is 60.5 Å². The Morgan fingerprint density at radius 3 is 2.30 bits per heavy atom. The largest absolute Gasteiger partial charge is 0.344 e. The fourth-order valence-corrected chi connectivity index (χ4v) is 3.94. The molecule has 1 aliphatic heterocycles. The van der Waals surface area contributed by atoms with Crippen LogP contribution >= 0.6 is 0 Å². The van der Waals surface area contributed by atoms with Crippen LogP contribution in [0.1, 0.15) is 11.1 Å². The summed E-state index contributed by atoms with van der Waals surface area (Å²) in [5.41, 5.74) is 8.46. The van der Waals surface area contributed by atoms with Crippen molar-refractivity contribution in [1.29, 1.82) is 0 Å². The highest BCUT2D eigenvalue weighted by molar-refractivity contribution is 6.14. The summed E-state index contributed by atoms with van der Waals surface area (Å²) in [4.78, 5) is 2.34. The SMILES string of the molecule is CN1c2ccccc2-c2ccc3c4c(ccc1c24)CC3. The van der Waals surface area contributed by atoms with Gasteiger partial charge in [-0.2, -0.15) is 0 Å². The average molecular weight is 257 g/mol. The Morgan fingerprint density at radius 2 is 1.45 bits per heavy atom. The van der Waals surface area contributed by atoms with Crippen LogP contribution in [-0.4, -0.2) is 7.05 Å². The Labute approximate surface area is 118 Å². The third kappa shape index (κ3) is 1.10. The van der Waals surface area contributed by atoms with Crippen molar-refractivity contribution in [3.63, 3.8) is 0 Å². The number of fused-ring (bicyclic) bond motifs is 2. The molecule has 20 heavy (non-hydrogen) atoms. The van der Waals surface area contributed by atoms with Crippen LogP contribution < -0.4 is 4.90 Å². The maximum atomic E-state index is 2.34. The number of rotatable bonds is 0. The summed E-state index contributed by atoms with van der Waals surface area (Å²) in [5, 5.41) is 2.97. The third-order valence-corrected chi connectivity index (χ3v) is 4.89. The lowest BCUT2D eigenvalue weighted by Crippen LogP contribution is -2.14. The van der Waals surface area contributed by atoms with Crippen molar-refractivity contribution in [1.82, 2.24) is 0 Å². The zero-order valence-electron chi connectivity index (χ0n) is 11.5. The van der Waals surface area contributed by atoms with Gasteiger partial charge in [0.15, 0.2) is 0 Å². The van der Waals surface area contributed by atoms with E-state index in [4.69, 9.17) is 0 Å². The van der Waals surface area contributed by atoms with Crippen LogP contribution in [0.15, 0.2) is 48.5 Å². The number of nitrogens with zero attached hydrogens (tertiary/aromatic N) is 1. The van der Waals surface area contributed by atoms with Gasteiger partial charge in [0.2, 0.25) is 0 Å². The molecule has 0 atom stereocenters. The molecule has 3 aromatic carbocycles. The Balaban J connectivity index is 2.04. The standard InChI is InChI=1S/C19H15N/c1-20-16-5-3-2-4-14(16)15-10-8-12-6-7-13-9-11-17(20)19(15)18(12)13/h2-5,8-11H,6-7H2,1H3. The molecular weight excluding hydrogens is 242 g/mol. The van der Waals surface area contributed by atoms with Gasteiger partial charge in [0.05, 0.1) is 0 Å². The van der Waals surface area contributed by atoms with Crippen molar-refractivity contribution in [2.75, 3.05) is 11.9 Å². The van der Waals surface area contributed by atoms with Crippen LogP contribution in [0, 0.1) is 0 Å². The molecule has 1 nitrogen and oxygen atoms in total. The zero-order chi connectivity index (χ0) is 13.3. The Morgan fingerprint density at radius 1 is 0.700 bits per heavy atom. The van der Waals surface area contributed by atoms with Crippen LogP contribution in [0.4, 0.5) is 11.4 Å². The molecule has 96 valence electrons. The quantitative estimate of drug-likeness (QED) is 0.565. The summed E-state index contributed by atoms with van der Waals surface area (Å²) in [6, 6.07) is 18.0. The smallest absolute Gasteiger partial charge is 0.0494 e. The molecule has 0 spiro atoms. The van der Waals surface area contributed by atoms with E-state index in [1.807, 2.05) is 0 Å². The first-order valence-corrected chi connectivity index (χ1v) is 7.25. The molecule has 2 aliphatic rings. The number of hydrogen-bond acceptors (Lipinski definition) is 1. The van der Waals surface area contributed by atoms with Crippen LogP contribution in [-0.2, 0) is 12.8 Å². The minimum Gasteiger partial charge on any atom is -0.344 e. The topological polar surface area (TPSA) is 3.24 Å². The highest BCUT2D eigenvalue weighted by Crippen LogP contribution is 2.49. The van der Waals surface area contributed by atoms with E-state index in [0.29, 0.717) is 0 Å². The highest BCUT2D eigenvalue weighted by atomic mass is 15.1. The number of para-hydroxylation sites is 1. The van der Waals surface area contributed by atoms with Crippen molar-refractivity contribution in [2.24, 2.45) is 0 Å². The van der Waals surface area contributed by atoms with E-state index in [-0.39, 0.29) is 0 Å². The first kappa shape index (κ1) is 10.5. The van der Waals surface area contributed by atoms with Crippen LogP contribution in [0.5, 0.6) is 0 Å². The number of hydrogen-bond donors (Lipinski definition) is 0. The molecule has 0 radical (unpaired) electrons. The fraction of sp³-hybridized carbons (Fsp3) is 0.158. The molecule has 5 rings (SSSR count). The molecule has 0 saturated heterocycles. The van der Waals surface area contributed by atoms with E-state index in [0.717, 1.165) is 0 Å². The van der Waals surface area contributed by atoms with E-state index in [1.165, 1.54) is 57.2 Å². The second-order valence-corrected chi connectivity index (χ2v) is 5.84. The van der Waals surface area contributed by atoms with Crippen molar-refractivity contribution in [3.05, 3.63) is 59.7 Å². The molecular formula is C19H15N. The Kier molecular flexibility index (Phi) is 1.80. The van der Waals surface area contributed by atoms with Gasteiger partial charge < -0.3 is 4.90 Å². The molecule has 0 aromatic heterocycles. The van der Waals surface area contributed by atoms with Gasteiger partial charge in [0, 0.05) is 29.4 Å². The number of benzene rings is 3. The van der Waals surface area contributed by atoms with Crippen LogP contribution in [0.3, 0.4) is 0 Å². The fourth-order valence-electron chi connectivity index (χ4n) is 3.94. The normalized spacial score (nSPS) is 14.8. The molecule has 1 heteroatoms. The van der Waals surface area contributed by atoms with Gasteiger partial charge in [-0.1, -0.05) is 36.4 Å². The van der Waals surface area contributed by atoms with E-state index in [9.17, 15) is 0 Å². The molecule has 0 N–H and O–H groups in total. The van der Waals surface area contributed by atoms with Crippen molar-refractivity contribution >= 4 is 22.1 Å². The van der Waals surface area contributed by atoms with E-state index >= 15 is 0 Å². The van der Waals surface area contributed by atoms with Gasteiger partial charge in [-0.05, 0) is 47.1 Å². The van der Waals surface area contributed by atoms with Gasteiger partial charge in [-0.25, -0.2) is 0 Å². The second-order valence-electron chi connectivity index (χ2n) is 5.84. The number of aryl methyl sites for hydroxylation is 2. The highest BCUT2D eigenvalue weighted by Gasteiger charge is 2.25.